The third-order valence-corrected chi connectivity index (χ3v) is 3.52. The molecule has 0 unspecified atom stereocenters. The van der Waals surface area contributed by atoms with Gasteiger partial charge in [-0.25, -0.2) is 4.39 Å². The Kier molecular flexibility index (Phi) is 3.88. The van der Waals surface area contributed by atoms with Crippen molar-refractivity contribution in [3.8, 4) is 0 Å². The van der Waals surface area contributed by atoms with E-state index >= 15 is 0 Å². The molecule has 1 aromatic heterocycles. The lowest BCUT2D eigenvalue weighted by molar-refractivity contribution is 0.0390. The zero-order valence-electron chi connectivity index (χ0n) is 12.1. The summed E-state index contributed by atoms with van der Waals surface area (Å²) in [6, 6.07) is 6.39. The Hall–Kier alpha value is -1.95. The van der Waals surface area contributed by atoms with Gasteiger partial charge in [-0.1, -0.05) is 26.0 Å². The van der Waals surface area contributed by atoms with Crippen molar-refractivity contribution >= 4 is 5.95 Å². The second kappa shape index (κ2) is 5.81. The maximum Gasteiger partial charge on any atom is 0.266 e. The number of ether oxygens (including phenoxy) is 1. The fraction of sp³-hybridized carbons (Fsp3) is 0.467. The van der Waals surface area contributed by atoms with Gasteiger partial charge in [-0.15, -0.1) is 0 Å². The van der Waals surface area contributed by atoms with Crippen molar-refractivity contribution in [3.05, 3.63) is 41.5 Å². The summed E-state index contributed by atoms with van der Waals surface area (Å²) in [7, 11) is 0. The number of hydrogen-bond acceptors (Lipinski definition) is 5. The molecule has 3 rings (SSSR count). The van der Waals surface area contributed by atoms with E-state index in [-0.39, 0.29) is 17.8 Å². The van der Waals surface area contributed by atoms with E-state index < -0.39 is 0 Å². The number of nitrogens with zero attached hydrogens (tertiary/aromatic N) is 3. The van der Waals surface area contributed by atoms with Crippen LogP contribution in [0.15, 0.2) is 28.8 Å². The van der Waals surface area contributed by atoms with Crippen molar-refractivity contribution in [2.75, 3.05) is 24.6 Å². The Balaban J connectivity index is 1.74. The Labute approximate surface area is 122 Å². The molecule has 5 nitrogen and oxygen atoms in total. The number of aromatic nitrogens is 2. The fourth-order valence-electron chi connectivity index (χ4n) is 2.30. The van der Waals surface area contributed by atoms with Crippen molar-refractivity contribution in [2.45, 2.75) is 25.9 Å². The smallest absolute Gasteiger partial charge is 0.266 e. The van der Waals surface area contributed by atoms with Gasteiger partial charge >= 0.3 is 0 Å². The van der Waals surface area contributed by atoms with E-state index in [9.17, 15) is 4.39 Å². The number of anilines is 1. The highest BCUT2D eigenvalue weighted by molar-refractivity contribution is 5.31. The molecule has 21 heavy (non-hydrogen) atoms. The molecular formula is C15H18FN3O2. The molecule has 1 aromatic carbocycles. The first-order chi connectivity index (χ1) is 10.1. The molecule has 2 heterocycles. The maximum absolute atomic E-state index is 13.0. The van der Waals surface area contributed by atoms with Gasteiger partial charge in [0.15, 0.2) is 0 Å². The molecule has 0 amide bonds. The second-order valence-corrected chi connectivity index (χ2v) is 5.44. The summed E-state index contributed by atoms with van der Waals surface area (Å²) in [4.78, 5) is 6.44. The molecule has 0 saturated carbocycles. The SMILES string of the molecule is CC(C)c1nc(N2CCO[C@H](c3ccc(F)cc3)C2)no1. The molecule has 0 spiro atoms. The topological polar surface area (TPSA) is 51.4 Å². The summed E-state index contributed by atoms with van der Waals surface area (Å²) in [5.41, 5.74) is 0.952. The van der Waals surface area contributed by atoms with E-state index in [1.807, 2.05) is 18.7 Å². The molecule has 1 saturated heterocycles. The minimum Gasteiger partial charge on any atom is -0.370 e. The quantitative estimate of drug-likeness (QED) is 0.870. The van der Waals surface area contributed by atoms with Gasteiger partial charge in [0.25, 0.3) is 5.95 Å². The van der Waals surface area contributed by atoms with E-state index in [1.54, 1.807) is 12.1 Å². The Morgan fingerprint density at radius 2 is 2.05 bits per heavy atom. The van der Waals surface area contributed by atoms with Crippen LogP contribution in [0.4, 0.5) is 10.3 Å². The van der Waals surface area contributed by atoms with E-state index in [4.69, 9.17) is 9.26 Å². The molecular weight excluding hydrogens is 273 g/mol. The Morgan fingerprint density at radius 1 is 1.29 bits per heavy atom. The van der Waals surface area contributed by atoms with Crippen molar-refractivity contribution < 1.29 is 13.7 Å². The summed E-state index contributed by atoms with van der Waals surface area (Å²) in [5.74, 6) is 1.19. The lowest BCUT2D eigenvalue weighted by atomic mass is 10.1. The molecule has 0 aliphatic carbocycles. The largest absolute Gasteiger partial charge is 0.370 e. The molecule has 112 valence electrons. The highest BCUT2D eigenvalue weighted by Gasteiger charge is 2.25. The van der Waals surface area contributed by atoms with E-state index in [1.165, 1.54) is 12.1 Å². The maximum atomic E-state index is 13.0. The number of benzene rings is 1. The van der Waals surface area contributed by atoms with Crippen molar-refractivity contribution in [1.29, 1.82) is 0 Å². The summed E-state index contributed by atoms with van der Waals surface area (Å²) in [6.45, 7) is 5.95. The molecule has 1 atom stereocenters. The van der Waals surface area contributed by atoms with Crippen LogP contribution in [0.1, 0.15) is 37.3 Å². The monoisotopic (exact) mass is 291 g/mol. The molecule has 2 aromatic rings. The molecule has 6 heteroatoms. The predicted octanol–water partition coefficient (Wildman–Crippen LogP) is 2.91. The van der Waals surface area contributed by atoms with Gasteiger partial charge in [0, 0.05) is 12.5 Å². The van der Waals surface area contributed by atoms with E-state index in [0.717, 1.165) is 12.1 Å². The van der Waals surface area contributed by atoms with Crippen molar-refractivity contribution in [1.82, 2.24) is 10.1 Å². The van der Waals surface area contributed by atoms with Gasteiger partial charge in [-0.2, -0.15) is 4.98 Å². The molecule has 1 fully saturated rings. The van der Waals surface area contributed by atoms with Crippen molar-refractivity contribution in [2.24, 2.45) is 0 Å². The van der Waals surface area contributed by atoms with Gasteiger partial charge < -0.3 is 14.2 Å². The minimum atomic E-state index is -0.244. The molecule has 1 aliphatic rings. The van der Waals surface area contributed by atoms with Gasteiger partial charge in [0.2, 0.25) is 5.89 Å². The molecule has 0 bridgehead atoms. The number of morpholine rings is 1. The number of rotatable bonds is 3. The molecule has 0 radical (unpaired) electrons. The second-order valence-electron chi connectivity index (χ2n) is 5.44. The third-order valence-electron chi connectivity index (χ3n) is 3.52. The standard InChI is InChI=1S/C15H18FN3O2/c1-10(2)14-17-15(18-21-14)19-7-8-20-13(9-19)11-3-5-12(16)6-4-11/h3-6,10,13H,7-9H2,1-2H3/t13-/m0/s1. The highest BCUT2D eigenvalue weighted by Crippen LogP contribution is 2.25. The van der Waals surface area contributed by atoms with Gasteiger partial charge in [-0.05, 0) is 22.9 Å². The van der Waals surface area contributed by atoms with Crippen LogP contribution in [0.3, 0.4) is 0 Å². The lowest BCUT2D eigenvalue weighted by Crippen LogP contribution is -2.39. The average molecular weight is 291 g/mol. The van der Waals surface area contributed by atoms with Crippen molar-refractivity contribution in [3.63, 3.8) is 0 Å². The lowest BCUT2D eigenvalue weighted by Gasteiger charge is -2.32. The normalized spacial score (nSPS) is 19.2. The summed E-state index contributed by atoms with van der Waals surface area (Å²) in [6.07, 6.45) is -0.111. The molecule has 0 N–H and O–H groups in total. The minimum absolute atomic E-state index is 0.111. The van der Waals surface area contributed by atoms with Crippen LogP contribution in [0, 0.1) is 5.82 Å². The van der Waals surface area contributed by atoms with Crippen LogP contribution >= 0.6 is 0 Å². The van der Waals surface area contributed by atoms with Crippen LogP contribution in [0.2, 0.25) is 0 Å². The summed E-state index contributed by atoms with van der Waals surface area (Å²) < 4.78 is 24.0. The van der Waals surface area contributed by atoms with Crippen LogP contribution in [-0.2, 0) is 4.74 Å². The predicted molar refractivity (Wildman–Crippen MR) is 75.7 cm³/mol. The average Bonchev–Trinajstić information content (AvgIpc) is 2.98. The zero-order chi connectivity index (χ0) is 14.8. The zero-order valence-corrected chi connectivity index (χ0v) is 12.1. The van der Waals surface area contributed by atoms with Crippen LogP contribution in [0.25, 0.3) is 0 Å². The highest BCUT2D eigenvalue weighted by atomic mass is 19.1. The fourth-order valence-corrected chi connectivity index (χ4v) is 2.30. The number of hydrogen-bond donors (Lipinski definition) is 0. The number of halogens is 1. The Bertz CT molecular complexity index is 597. The van der Waals surface area contributed by atoms with Gasteiger partial charge in [0.1, 0.15) is 11.9 Å². The van der Waals surface area contributed by atoms with Crippen LogP contribution in [-0.4, -0.2) is 29.8 Å². The first-order valence-electron chi connectivity index (χ1n) is 7.09. The third kappa shape index (κ3) is 3.05. The van der Waals surface area contributed by atoms with Gasteiger partial charge in [-0.3, -0.25) is 0 Å². The van der Waals surface area contributed by atoms with Crippen LogP contribution < -0.4 is 4.90 Å². The summed E-state index contributed by atoms with van der Waals surface area (Å²) in [5, 5.41) is 4.03. The molecule has 1 aliphatic heterocycles. The van der Waals surface area contributed by atoms with Gasteiger partial charge in [0.05, 0.1) is 13.2 Å². The summed E-state index contributed by atoms with van der Waals surface area (Å²) >= 11 is 0. The first kappa shape index (κ1) is 14.0. The van der Waals surface area contributed by atoms with Crippen LogP contribution in [0.5, 0.6) is 0 Å². The van der Waals surface area contributed by atoms with E-state index in [2.05, 4.69) is 10.1 Å². The van der Waals surface area contributed by atoms with E-state index in [0.29, 0.717) is 25.0 Å². The Morgan fingerprint density at radius 3 is 2.71 bits per heavy atom. The first-order valence-corrected chi connectivity index (χ1v) is 7.09.